The van der Waals surface area contributed by atoms with Crippen molar-refractivity contribution in [2.24, 2.45) is 0 Å². The molecule has 128 valence electrons. The first-order chi connectivity index (χ1) is 11.9. The van der Waals surface area contributed by atoms with Crippen LogP contribution in [0.5, 0.6) is 0 Å². The third-order valence-corrected chi connectivity index (χ3v) is 4.50. The molecule has 1 amide bonds. The van der Waals surface area contributed by atoms with E-state index in [0.717, 1.165) is 27.5 Å². The second kappa shape index (κ2) is 6.98. The molecule has 1 aromatic carbocycles. The number of rotatable bonds is 4. The van der Waals surface area contributed by atoms with E-state index in [0.29, 0.717) is 5.13 Å². The molecule has 2 heterocycles. The van der Waals surface area contributed by atoms with E-state index in [1.807, 2.05) is 20.8 Å². The fourth-order valence-corrected chi connectivity index (χ4v) is 3.12. The standard InChI is InChI=1S/C18H17FN4OS/c1-11-10-20-18(25-11)21-17(24)9-8-16-12(2)22-23(13(16)3)15-6-4-14(19)5-7-15/h4-10H,1-3H3,(H,20,21,24)/b9-8+. The van der Waals surface area contributed by atoms with Crippen molar-refractivity contribution in [1.82, 2.24) is 14.8 Å². The van der Waals surface area contributed by atoms with Gasteiger partial charge in [0.25, 0.3) is 0 Å². The summed E-state index contributed by atoms with van der Waals surface area (Å²) in [6.45, 7) is 5.71. The largest absolute Gasteiger partial charge is 0.298 e. The van der Waals surface area contributed by atoms with Gasteiger partial charge in [-0.25, -0.2) is 14.1 Å². The Morgan fingerprint density at radius 3 is 2.60 bits per heavy atom. The minimum Gasteiger partial charge on any atom is -0.298 e. The monoisotopic (exact) mass is 356 g/mol. The highest BCUT2D eigenvalue weighted by molar-refractivity contribution is 7.15. The Kier molecular flexibility index (Phi) is 4.76. The number of halogens is 1. The molecule has 3 rings (SSSR count). The van der Waals surface area contributed by atoms with Gasteiger partial charge in [0, 0.05) is 28.4 Å². The lowest BCUT2D eigenvalue weighted by molar-refractivity contribution is -0.111. The Labute approximate surface area is 148 Å². The SMILES string of the molecule is Cc1cnc(NC(=O)/C=C/c2c(C)nn(-c3ccc(F)cc3)c2C)s1. The molecule has 0 aliphatic carbocycles. The highest BCUT2D eigenvalue weighted by Gasteiger charge is 2.11. The van der Waals surface area contributed by atoms with Crippen LogP contribution in [-0.4, -0.2) is 20.7 Å². The highest BCUT2D eigenvalue weighted by Crippen LogP contribution is 2.20. The molecule has 0 saturated carbocycles. The normalized spacial score (nSPS) is 11.2. The van der Waals surface area contributed by atoms with Crippen LogP contribution in [0, 0.1) is 26.6 Å². The van der Waals surface area contributed by atoms with Crippen LogP contribution in [0.25, 0.3) is 11.8 Å². The van der Waals surface area contributed by atoms with Crippen molar-refractivity contribution < 1.29 is 9.18 Å². The minimum atomic E-state index is -0.292. The van der Waals surface area contributed by atoms with E-state index in [1.165, 1.54) is 29.5 Å². The van der Waals surface area contributed by atoms with E-state index in [2.05, 4.69) is 15.4 Å². The van der Waals surface area contributed by atoms with Gasteiger partial charge in [0.1, 0.15) is 5.82 Å². The molecule has 0 fully saturated rings. The van der Waals surface area contributed by atoms with Crippen LogP contribution >= 0.6 is 11.3 Å². The Bertz CT molecular complexity index is 941. The second-order valence-electron chi connectivity index (χ2n) is 5.57. The highest BCUT2D eigenvalue weighted by atomic mass is 32.1. The Balaban J connectivity index is 1.80. The first-order valence-corrected chi connectivity index (χ1v) is 8.49. The molecule has 5 nitrogen and oxygen atoms in total. The number of benzene rings is 1. The molecule has 0 saturated heterocycles. The molecule has 0 aliphatic rings. The van der Waals surface area contributed by atoms with Crippen LogP contribution in [0.4, 0.5) is 9.52 Å². The molecule has 1 N–H and O–H groups in total. The number of anilines is 1. The zero-order valence-electron chi connectivity index (χ0n) is 14.1. The average Bonchev–Trinajstić information content (AvgIpc) is 3.10. The third-order valence-electron chi connectivity index (χ3n) is 3.67. The summed E-state index contributed by atoms with van der Waals surface area (Å²) in [6.07, 6.45) is 4.90. The summed E-state index contributed by atoms with van der Waals surface area (Å²) in [7, 11) is 0. The number of hydrogen-bond donors (Lipinski definition) is 1. The van der Waals surface area contributed by atoms with E-state index in [1.54, 1.807) is 29.1 Å². The molecule has 0 unspecified atom stereocenters. The lowest BCUT2D eigenvalue weighted by Gasteiger charge is -2.04. The van der Waals surface area contributed by atoms with Gasteiger partial charge in [-0.3, -0.25) is 10.1 Å². The van der Waals surface area contributed by atoms with Gasteiger partial charge in [0.2, 0.25) is 5.91 Å². The zero-order chi connectivity index (χ0) is 18.0. The summed E-state index contributed by atoms with van der Waals surface area (Å²) in [6, 6.07) is 6.12. The van der Waals surface area contributed by atoms with Crippen LogP contribution in [-0.2, 0) is 4.79 Å². The molecule has 0 aliphatic heterocycles. The smallest absolute Gasteiger partial charge is 0.250 e. The Morgan fingerprint density at radius 2 is 1.96 bits per heavy atom. The quantitative estimate of drug-likeness (QED) is 0.718. The molecular formula is C18H17FN4OS. The number of carbonyl (C=O) groups is 1. The molecule has 0 spiro atoms. The van der Waals surface area contributed by atoms with Crippen molar-refractivity contribution in [2.45, 2.75) is 20.8 Å². The second-order valence-corrected chi connectivity index (χ2v) is 6.81. The molecule has 0 bridgehead atoms. The minimum absolute atomic E-state index is 0.248. The molecule has 0 radical (unpaired) electrons. The van der Waals surface area contributed by atoms with E-state index in [4.69, 9.17) is 0 Å². The molecular weight excluding hydrogens is 339 g/mol. The van der Waals surface area contributed by atoms with E-state index < -0.39 is 0 Å². The molecule has 3 aromatic rings. The van der Waals surface area contributed by atoms with E-state index >= 15 is 0 Å². The average molecular weight is 356 g/mol. The van der Waals surface area contributed by atoms with Gasteiger partial charge < -0.3 is 0 Å². The number of aromatic nitrogens is 3. The van der Waals surface area contributed by atoms with Crippen molar-refractivity contribution in [3.63, 3.8) is 0 Å². The first-order valence-electron chi connectivity index (χ1n) is 7.67. The van der Waals surface area contributed by atoms with Gasteiger partial charge in [-0.1, -0.05) is 0 Å². The number of hydrogen-bond acceptors (Lipinski definition) is 4. The number of carbonyl (C=O) groups excluding carboxylic acids is 1. The van der Waals surface area contributed by atoms with Crippen molar-refractivity contribution in [2.75, 3.05) is 5.32 Å². The number of nitrogens with one attached hydrogen (secondary N) is 1. The fourth-order valence-electron chi connectivity index (χ4n) is 2.45. The predicted molar refractivity (Wildman–Crippen MR) is 97.5 cm³/mol. The van der Waals surface area contributed by atoms with Gasteiger partial charge in [-0.05, 0) is 51.1 Å². The number of thiazole rings is 1. The Hall–Kier alpha value is -2.80. The lowest BCUT2D eigenvalue weighted by Crippen LogP contribution is -2.07. The van der Waals surface area contributed by atoms with Gasteiger partial charge in [0.05, 0.1) is 11.4 Å². The van der Waals surface area contributed by atoms with Gasteiger partial charge in [-0.2, -0.15) is 5.10 Å². The summed E-state index contributed by atoms with van der Waals surface area (Å²) >= 11 is 1.42. The van der Waals surface area contributed by atoms with Crippen molar-refractivity contribution >= 4 is 28.5 Å². The van der Waals surface area contributed by atoms with Crippen molar-refractivity contribution in [3.8, 4) is 5.69 Å². The van der Waals surface area contributed by atoms with Gasteiger partial charge in [-0.15, -0.1) is 11.3 Å². The number of aryl methyl sites for hydroxylation is 2. The molecule has 2 aromatic heterocycles. The van der Waals surface area contributed by atoms with Crippen LogP contribution in [0.1, 0.15) is 21.8 Å². The number of amides is 1. The van der Waals surface area contributed by atoms with Crippen molar-refractivity contribution in [1.29, 1.82) is 0 Å². The van der Waals surface area contributed by atoms with Crippen LogP contribution in [0.15, 0.2) is 36.5 Å². The summed E-state index contributed by atoms with van der Waals surface area (Å²) in [5, 5.41) is 7.78. The summed E-state index contributed by atoms with van der Waals surface area (Å²) in [5.74, 6) is -0.540. The maximum absolute atomic E-state index is 13.1. The topological polar surface area (TPSA) is 59.8 Å². The molecule has 7 heteroatoms. The van der Waals surface area contributed by atoms with Crippen LogP contribution < -0.4 is 5.32 Å². The summed E-state index contributed by atoms with van der Waals surface area (Å²) in [5.41, 5.74) is 3.29. The van der Waals surface area contributed by atoms with Crippen molar-refractivity contribution in [3.05, 3.63) is 64.2 Å². The predicted octanol–water partition coefficient (Wildman–Crippen LogP) is 4.05. The zero-order valence-corrected chi connectivity index (χ0v) is 14.9. The first kappa shape index (κ1) is 17.0. The maximum atomic E-state index is 13.1. The third kappa shape index (κ3) is 3.83. The summed E-state index contributed by atoms with van der Waals surface area (Å²) < 4.78 is 14.8. The van der Waals surface area contributed by atoms with Crippen LogP contribution in [0.2, 0.25) is 0 Å². The Morgan fingerprint density at radius 1 is 1.24 bits per heavy atom. The van der Waals surface area contributed by atoms with Crippen LogP contribution in [0.3, 0.4) is 0 Å². The van der Waals surface area contributed by atoms with Gasteiger partial charge in [0.15, 0.2) is 5.13 Å². The summed E-state index contributed by atoms with van der Waals surface area (Å²) in [4.78, 5) is 17.2. The molecule has 0 atom stereocenters. The molecule has 25 heavy (non-hydrogen) atoms. The van der Waals surface area contributed by atoms with Gasteiger partial charge >= 0.3 is 0 Å². The van der Waals surface area contributed by atoms with E-state index in [9.17, 15) is 9.18 Å². The van der Waals surface area contributed by atoms with E-state index in [-0.39, 0.29) is 11.7 Å². The maximum Gasteiger partial charge on any atom is 0.250 e. The number of nitrogens with zero attached hydrogens (tertiary/aromatic N) is 3. The lowest BCUT2D eigenvalue weighted by atomic mass is 10.2. The fraction of sp³-hybridized carbons (Fsp3) is 0.167.